The molecule has 2 aromatic heterocycles. The lowest BCUT2D eigenvalue weighted by molar-refractivity contribution is 0.0736. The maximum atomic E-state index is 13.1. The number of H-pyrrole nitrogens is 1. The molecule has 2 aromatic carbocycles. The predicted octanol–water partition coefficient (Wildman–Crippen LogP) is 4.21. The van der Waals surface area contributed by atoms with Crippen molar-refractivity contribution in [1.29, 1.82) is 0 Å². The van der Waals surface area contributed by atoms with Crippen LogP contribution in [0.3, 0.4) is 0 Å². The molecule has 134 valence electrons. The molecule has 0 aliphatic carbocycles. The van der Waals surface area contributed by atoms with Crippen LogP contribution in [-0.2, 0) is 13.0 Å². The molecule has 0 unspecified atom stereocenters. The minimum atomic E-state index is 0.0450. The Bertz CT molecular complexity index is 1160. The number of aromatic nitrogens is 3. The smallest absolute Gasteiger partial charge is 0.256 e. The molecule has 6 heteroatoms. The molecule has 0 saturated carbocycles. The molecule has 0 atom stereocenters. The van der Waals surface area contributed by atoms with Gasteiger partial charge in [-0.15, -0.1) is 0 Å². The molecule has 27 heavy (non-hydrogen) atoms. The Labute approximate surface area is 161 Å². The van der Waals surface area contributed by atoms with Crippen LogP contribution in [0.4, 0.5) is 0 Å². The van der Waals surface area contributed by atoms with Crippen molar-refractivity contribution >= 4 is 28.4 Å². The van der Waals surface area contributed by atoms with Crippen molar-refractivity contribution in [3.63, 3.8) is 0 Å². The summed E-state index contributed by atoms with van der Waals surface area (Å²) in [6, 6.07) is 15.5. The van der Waals surface area contributed by atoms with Gasteiger partial charge < -0.3 is 9.88 Å². The topological polar surface area (TPSA) is 53.9 Å². The first kappa shape index (κ1) is 16.1. The third-order valence-corrected chi connectivity index (χ3v) is 5.44. The van der Waals surface area contributed by atoms with E-state index in [1.165, 1.54) is 0 Å². The quantitative estimate of drug-likeness (QED) is 0.570. The normalized spacial score (nSPS) is 13.7. The maximum Gasteiger partial charge on any atom is 0.256 e. The fourth-order valence-corrected chi connectivity index (χ4v) is 3.97. The Morgan fingerprint density at radius 1 is 1.11 bits per heavy atom. The largest absolute Gasteiger partial charge is 0.360 e. The molecule has 4 aromatic rings. The van der Waals surface area contributed by atoms with Gasteiger partial charge in [0.05, 0.1) is 28.2 Å². The van der Waals surface area contributed by atoms with Gasteiger partial charge in [-0.25, -0.2) is 4.68 Å². The molecule has 5 nitrogen and oxygen atoms in total. The van der Waals surface area contributed by atoms with E-state index in [0.29, 0.717) is 23.7 Å². The number of nitrogens with zero attached hydrogens (tertiary/aromatic N) is 3. The summed E-state index contributed by atoms with van der Waals surface area (Å²) in [6.45, 7) is 1.21. The van der Waals surface area contributed by atoms with Crippen molar-refractivity contribution in [3.05, 3.63) is 82.8 Å². The van der Waals surface area contributed by atoms with Gasteiger partial charge in [0, 0.05) is 42.2 Å². The Kier molecular flexibility index (Phi) is 3.76. The number of para-hydroxylation sites is 2. The minimum Gasteiger partial charge on any atom is -0.360 e. The fourth-order valence-electron chi connectivity index (χ4n) is 3.75. The number of halogens is 1. The van der Waals surface area contributed by atoms with Crippen LogP contribution in [0, 0.1) is 0 Å². The second-order valence-electron chi connectivity index (χ2n) is 6.70. The highest BCUT2D eigenvalue weighted by Gasteiger charge is 2.26. The zero-order valence-electron chi connectivity index (χ0n) is 14.5. The SMILES string of the molecule is O=C(c1c[nH]c2ccccc12)N1CCc2c(cnn2-c2ccccc2Cl)C1. The van der Waals surface area contributed by atoms with E-state index in [0.717, 1.165) is 34.3 Å². The van der Waals surface area contributed by atoms with E-state index in [9.17, 15) is 4.79 Å². The summed E-state index contributed by atoms with van der Waals surface area (Å²) in [6.07, 6.45) is 4.39. The lowest BCUT2D eigenvalue weighted by Crippen LogP contribution is -2.36. The number of fused-ring (bicyclic) bond motifs is 2. The van der Waals surface area contributed by atoms with Crippen molar-refractivity contribution in [2.24, 2.45) is 0 Å². The first-order valence-corrected chi connectivity index (χ1v) is 9.26. The zero-order chi connectivity index (χ0) is 18.4. The highest BCUT2D eigenvalue weighted by Crippen LogP contribution is 2.27. The average Bonchev–Trinajstić information content (AvgIpc) is 3.31. The number of rotatable bonds is 2. The van der Waals surface area contributed by atoms with Crippen molar-refractivity contribution in [2.75, 3.05) is 6.54 Å². The number of benzene rings is 2. The second kappa shape index (κ2) is 6.28. The standard InChI is InChI=1S/C21H17ClN4O/c22-17-6-2-4-8-20(17)26-19-9-10-25(13-14(19)11-24-26)21(27)16-12-23-18-7-3-1-5-15(16)18/h1-8,11-12,23H,9-10,13H2. The van der Waals surface area contributed by atoms with Gasteiger partial charge in [0.1, 0.15) is 0 Å². The van der Waals surface area contributed by atoms with Crippen LogP contribution in [0.1, 0.15) is 21.6 Å². The van der Waals surface area contributed by atoms with Crippen molar-refractivity contribution in [2.45, 2.75) is 13.0 Å². The van der Waals surface area contributed by atoms with Gasteiger partial charge in [-0.3, -0.25) is 4.79 Å². The molecule has 0 fully saturated rings. The third kappa shape index (κ3) is 2.62. The summed E-state index contributed by atoms with van der Waals surface area (Å²) < 4.78 is 1.89. The summed E-state index contributed by atoms with van der Waals surface area (Å²) in [4.78, 5) is 18.1. The second-order valence-corrected chi connectivity index (χ2v) is 7.11. The Morgan fingerprint density at radius 3 is 2.81 bits per heavy atom. The Morgan fingerprint density at radius 2 is 1.93 bits per heavy atom. The molecule has 1 aliphatic rings. The van der Waals surface area contributed by atoms with Crippen LogP contribution in [0.2, 0.25) is 5.02 Å². The summed E-state index contributed by atoms with van der Waals surface area (Å²) >= 11 is 6.33. The molecule has 5 rings (SSSR count). The lowest BCUT2D eigenvalue weighted by Gasteiger charge is -2.27. The van der Waals surface area contributed by atoms with Crippen molar-refractivity contribution in [1.82, 2.24) is 19.7 Å². The number of carbonyl (C=O) groups is 1. The van der Waals surface area contributed by atoms with E-state index in [2.05, 4.69) is 10.1 Å². The first-order chi connectivity index (χ1) is 13.2. The van der Waals surface area contributed by atoms with E-state index in [-0.39, 0.29) is 5.91 Å². The highest BCUT2D eigenvalue weighted by molar-refractivity contribution is 6.32. The first-order valence-electron chi connectivity index (χ1n) is 8.88. The van der Waals surface area contributed by atoms with Crippen LogP contribution in [0.25, 0.3) is 16.6 Å². The highest BCUT2D eigenvalue weighted by atomic mass is 35.5. The Hall–Kier alpha value is -3.05. The summed E-state index contributed by atoms with van der Waals surface area (Å²) in [5, 5.41) is 6.15. The van der Waals surface area contributed by atoms with Crippen LogP contribution < -0.4 is 0 Å². The molecule has 1 N–H and O–H groups in total. The van der Waals surface area contributed by atoms with Crippen LogP contribution >= 0.6 is 11.6 Å². The van der Waals surface area contributed by atoms with Crippen molar-refractivity contribution in [3.8, 4) is 5.69 Å². The number of amides is 1. The summed E-state index contributed by atoms with van der Waals surface area (Å²) in [5.41, 5.74) is 4.75. The monoisotopic (exact) mass is 376 g/mol. The van der Waals surface area contributed by atoms with E-state index in [4.69, 9.17) is 11.6 Å². The molecule has 0 bridgehead atoms. The Balaban J connectivity index is 1.45. The molecule has 1 aliphatic heterocycles. The van der Waals surface area contributed by atoms with E-state index in [1.807, 2.05) is 64.3 Å². The van der Waals surface area contributed by atoms with Crippen LogP contribution in [-0.4, -0.2) is 32.1 Å². The molecular formula is C21H17ClN4O. The van der Waals surface area contributed by atoms with Gasteiger partial charge >= 0.3 is 0 Å². The number of aromatic amines is 1. The van der Waals surface area contributed by atoms with E-state index >= 15 is 0 Å². The summed E-state index contributed by atoms with van der Waals surface area (Å²) in [7, 11) is 0. The number of hydrogen-bond acceptors (Lipinski definition) is 2. The number of hydrogen-bond donors (Lipinski definition) is 1. The van der Waals surface area contributed by atoms with Gasteiger partial charge in [-0.05, 0) is 18.2 Å². The van der Waals surface area contributed by atoms with Gasteiger partial charge in [-0.2, -0.15) is 5.10 Å². The van der Waals surface area contributed by atoms with Gasteiger partial charge in [-0.1, -0.05) is 41.9 Å². The van der Waals surface area contributed by atoms with Gasteiger partial charge in [0.25, 0.3) is 5.91 Å². The van der Waals surface area contributed by atoms with Crippen molar-refractivity contribution < 1.29 is 4.79 Å². The van der Waals surface area contributed by atoms with E-state index in [1.54, 1.807) is 6.20 Å². The predicted molar refractivity (Wildman–Crippen MR) is 105 cm³/mol. The summed E-state index contributed by atoms with van der Waals surface area (Å²) in [5.74, 6) is 0.0450. The molecule has 0 spiro atoms. The molecule has 1 amide bonds. The van der Waals surface area contributed by atoms with Gasteiger partial charge in [0.2, 0.25) is 0 Å². The molecule has 0 saturated heterocycles. The third-order valence-electron chi connectivity index (χ3n) is 5.12. The number of carbonyl (C=O) groups excluding carboxylic acids is 1. The van der Waals surface area contributed by atoms with Gasteiger partial charge in [0.15, 0.2) is 0 Å². The van der Waals surface area contributed by atoms with Crippen LogP contribution in [0.15, 0.2) is 60.9 Å². The molecule has 3 heterocycles. The molecule has 0 radical (unpaired) electrons. The van der Waals surface area contributed by atoms with E-state index < -0.39 is 0 Å². The number of nitrogens with one attached hydrogen (secondary N) is 1. The lowest BCUT2D eigenvalue weighted by atomic mass is 10.1. The fraction of sp³-hybridized carbons (Fsp3) is 0.143. The molecular weight excluding hydrogens is 360 g/mol. The minimum absolute atomic E-state index is 0.0450. The van der Waals surface area contributed by atoms with Crippen LogP contribution in [0.5, 0.6) is 0 Å². The zero-order valence-corrected chi connectivity index (χ0v) is 15.3. The maximum absolute atomic E-state index is 13.1. The average molecular weight is 377 g/mol.